The fraction of sp³-hybridized carbons (Fsp3) is 0.500. The summed E-state index contributed by atoms with van der Waals surface area (Å²) in [5.41, 5.74) is 4.55. The molecule has 11 heteroatoms. The summed E-state index contributed by atoms with van der Waals surface area (Å²) >= 11 is 0. The van der Waals surface area contributed by atoms with E-state index in [1.165, 1.54) is 18.2 Å². The number of nitrogens with one attached hydrogen (secondary N) is 3. The van der Waals surface area contributed by atoms with E-state index in [1.807, 2.05) is 0 Å². The molecule has 0 aliphatic rings. The molecule has 0 bridgehead atoms. The summed E-state index contributed by atoms with van der Waals surface area (Å²) < 4.78 is 18.7. The van der Waals surface area contributed by atoms with Gasteiger partial charge in [0.25, 0.3) is 0 Å². The average Bonchev–Trinajstić information content (AvgIpc) is 2.61. The van der Waals surface area contributed by atoms with Gasteiger partial charge in [0.15, 0.2) is 0 Å². The van der Waals surface area contributed by atoms with Crippen LogP contribution in [0.3, 0.4) is 0 Å². The van der Waals surface area contributed by atoms with Gasteiger partial charge in [-0.1, -0.05) is 12.1 Å². The molecule has 6 N–H and O–H groups in total. The molecule has 0 aromatic heterocycles. The molecule has 0 radical (unpaired) electrons. The summed E-state index contributed by atoms with van der Waals surface area (Å²) in [6.45, 7) is 5.08. The number of carbonyl (C=O) groups excluding carboxylic acids is 3. The topological polar surface area (TPSA) is 160 Å². The van der Waals surface area contributed by atoms with Gasteiger partial charge in [-0.2, -0.15) is 0 Å². The van der Waals surface area contributed by atoms with Crippen LogP contribution in [0.25, 0.3) is 0 Å². The van der Waals surface area contributed by atoms with Crippen LogP contribution in [-0.2, 0) is 20.7 Å². The molecular weight excluding hydrogens is 411 g/mol. The highest BCUT2D eigenvalue weighted by molar-refractivity contribution is 5.89. The zero-order valence-corrected chi connectivity index (χ0v) is 17.7. The normalized spacial score (nSPS) is 12.9. The van der Waals surface area contributed by atoms with Crippen molar-refractivity contribution in [3.63, 3.8) is 0 Å². The highest BCUT2D eigenvalue weighted by atomic mass is 19.1. The first kappa shape index (κ1) is 25.7. The summed E-state index contributed by atoms with van der Waals surface area (Å²) in [5, 5.41) is 16.5. The van der Waals surface area contributed by atoms with Crippen molar-refractivity contribution in [2.45, 2.75) is 57.7 Å². The van der Waals surface area contributed by atoms with Crippen LogP contribution in [0.5, 0.6) is 0 Å². The van der Waals surface area contributed by atoms with E-state index in [4.69, 9.17) is 10.5 Å². The molecule has 0 unspecified atom stereocenters. The van der Waals surface area contributed by atoms with Gasteiger partial charge in [0.2, 0.25) is 5.91 Å². The highest BCUT2D eigenvalue weighted by Gasteiger charge is 2.28. The van der Waals surface area contributed by atoms with Crippen molar-refractivity contribution >= 4 is 24.0 Å². The van der Waals surface area contributed by atoms with Crippen molar-refractivity contribution in [2.24, 2.45) is 5.73 Å². The van der Waals surface area contributed by atoms with Gasteiger partial charge >= 0.3 is 18.1 Å². The molecule has 0 aliphatic heterocycles. The zero-order valence-electron chi connectivity index (χ0n) is 17.7. The van der Waals surface area contributed by atoms with Crippen LogP contribution < -0.4 is 21.7 Å². The smallest absolute Gasteiger partial charge is 0.408 e. The number of ether oxygens (including phenoxy) is 1. The van der Waals surface area contributed by atoms with Gasteiger partial charge in [-0.05, 0) is 51.3 Å². The van der Waals surface area contributed by atoms with Crippen LogP contribution >= 0.6 is 0 Å². The molecule has 0 saturated heterocycles. The Hall–Kier alpha value is -3.37. The molecule has 1 rings (SSSR count). The summed E-state index contributed by atoms with van der Waals surface area (Å²) in [4.78, 5) is 47.1. The largest absolute Gasteiger partial charge is 0.480 e. The third-order valence-corrected chi connectivity index (χ3v) is 3.92. The van der Waals surface area contributed by atoms with Gasteiger partial charge in [0.1, 0.15) is 23.5 Å². The Morgan fingerprint density at radius 1 is 1.16 bits per heavy atom. The van der Waals surface area contributed by atoms with Crippen molar-refractivity contribution in [1.82, 2.24) is 16.0 Å². The van der Waals surface area contributed by atoms with E-state index in [2.05, 4.69) is 16.0 Å². The molecular formula is C20H29FN4O6. The Balaban J connectivity index is 2.89. The standard InChI is InChI=1S/C20H29FN4O6/c1-20(2,3)31-19(30)25-15(11-12-6-4-7-13(21)10-12)16(26)24-14(17(27)28)8-5-9-23-18(22)29/h4,6-7,10,14-15H,5,8-9,11H2,1-3H3,(H,24,26)(H,25,30)(H,27,28)(H3,22,23,29)/t14-,15-/m0/s1. The Kier molecular flexibility index (Phi) is 9.71. The van der Waals surface area contributed by atoms with Gasteiger partial charge < -0.3 is 31.5 Å². The Morgan fingerprint density at radius 2 is 1.84 bits per heavy atom. The van der Waals surface area contributed by atoms with Crippen molar-refractivity contribution in [3.8, 4) is 0 Å². The molecule has 0 spiro atoms. The van der Waals surface area contributed by atoms with E-state index >= 15 is 0 Å². The number of primary amides is 1. The van der Waals surface area contributed by atoms with Gasteiger partial charge in [0, 0.05) is 13.0 Å². The average molecular weight is 440 g/mol. The fourth-order valence-corrected chi connectivity index (χ4v) is 2.61. The number of halogens is 1. The summed E-state index contributed by atoms with van der Waals surface area (Å²) in [6.07, 6.45) is -0.700. The molecule has 2 atom stereocenters. The lowest BCUT2D eigenvalue weighted by Gasteiger charge is -2.24. The third-order valence-electron chi connectivity index (χ3n) is 3.92. The third kappa shape index (κ3) is 10.8. The van der Waals surface area contributed by atoms with Crippen LogP contribution in [0, 0.1) is 5.82 Å². The molecule has 4 amide bonds. The number of benzene rings is 1. The number of urea groups is 1. The maximum absolute atomic E-state index is 13.5. The van der Waals surface area contributed by atoms with Gasteiger partial charge in [0.05, 0.1) is 0 Å². The van der Waals surface area contributed by atoms with E-state index in [-0.39, 0.29) is 25.8 Å². The number of rotatable bonds is 10. The molecule has 1 aromatic rings. The van der Waals surface area contributed by atoms with E-state index in [9.17, 15) is 28.7 Å². The minimum atomic E-state index is -1.28. The number of hydrogen-bond donors (Lipinski definition) is 5. The molecule has 0 aliphatic carbocycles. The van der Waals surface area contributed by atoms with E-state index in [0.717, 1.165) is 0 Å². The Labute approximate surface area is 179 Å². The maximum atomic E-state index is 13.5. The predicted octanol–water partition coefficient (Wildman–Crippen LogP) is 1.28. The van der Waals surface area contributed by atoms with E-state index in [1.54, 1.807) is 26.8 Å². The van der Waals surface area contributed by atoms with E-state index < -0.39 is 47.5 Å². The van der Waals surface area contributed by atoms with Crippen molar-refractivity contribution < 1.29 is 33.4 Å². The zero-order chi connectivity index (χ0) is 23.6. The number of alkyl carbamates (subject to hydrolysis) is 1. The quantitative estimate of drug-likeness (QED) is 0.345. The summed E-state index contributed by atoms with van der Waals surface area (Å²) in [7, 11) is 0. The molecule has 1 aromatic carbocycles. The van der Waals surface area contributed by atoms with Gasteiger partial charge in [-0.25, -0.2) is 18.8 Å². The molecule has 0 heterocycles. The highest BCUT2D eigenvalue weighted by Crippen LogP contribution is 2.10. The van der Waals surface area contributed by atoms with Crippen LogP contribution in [0.1, 0.15) is 39.2 Å². The number of carboxylic acid groups (broad SMARTS) is 1. The van der Waals surface area contributed by atoms with Crippen LogP contribution in [0.15, 0.2) is 24.3 Å². The fourth-order valence-electron chi connectivity index (χ4n) is 2.61. The lowest BCUT2D eigenvalue weighted by Crippen LogP contribution is -2.53. The number of carboxylic acids is 1. The molecule has 0 fully saturated rings. The molecule has 172 valence electrons. The summed E-state index contributed by atoms with van der Waals surface area (Å²) in [5.74, 6) is -2.57. The maximum Gasteiger partial charge on any atom is 0.408 e. The predicted molar refractivity (Wildman–Crippen MR) is 110 cm³/mol. The first-order valence-electron chi connectivity index (χ1n) is 9.68. The van der Waals surface area contributed by atoms with Crippen molar-refractivity contribution in [3.05, 3.63) is 35.6 Å². The second kappa shape index (κ2) is 11.7. The number of nitrogens with two attached hydrogens (primary N) is 1. The van der Waals surface area contributed by atoms with Crippen molar-refractivity contribution in [2.75, 3.05) is 6.54 Å². The first-order valence-corrected chi connectivity index (χ1v) is 9.68. The van der Waals surface area contributed by atoms with Crippen LogP contribution in [0.4, 0.5) is 14.0 Å². The van der Waals surface area contributed by atoms with Crippen LogP contribution in [0.2, 0.25) is 0 Å². The molecule has 0 saturated carbocycles. The molecule has 10 nitrogen and oxygen atoms in total. The van der Waals surface area contributed by atoms with Crippen molar-refractivity contribution in [1.29, 1.82) is 0 Å². The number of amides is 4. The van der Waals surface area contributed by atoms with E-state index in [0.29, 0.717) is 5.56 Å². The number of carbonyl (C=O) groups is 4. The second-order valence-corrected chi connectivity index (χ2v) is 7.87. The summed E-state index contributed by atoms with van der Waals surface area (Å²) in [6, 6.07) is 2.26. The number of hydrogen-bond acceptors (Lipinski definition) is 5. The minimum Gasteiger partial charge on any atom is -0.480 e. The molecule has 31 heavy (non-hydrogen) atoms. The minimum absolute atomic E-state index is 0.0144. The Morgan fingerprint density at radius 3 is 2.39 bits per heavy atom. The SMILES string of the molecule is CC(C)(C)OC(=O)N[C@@H](Cc1cccc(F)c1)C(=O)N[C@@H](CCCNC(N)=O)C(=O)O. The monoisotopic (exact) mass is 440 g/mol. The second-order valence-electron chi connectivity index (χ2n) is 7.87. The lowest BCUT2D eigenvalue weighted by atomic mass is 10.0. The van der Waals surface area contributed by atoms with Crippen LogP contribution in [-0.4, -0.2) is 53.3 Å². The number of aliphatic carboxylic acids is 1. The first-order chi connectivity index (χ1) is 14.4. The van der Waals surface area contributed by atoms with Gasteiger partial charge in [-0.3, -0.25) is 4.79 Å². The Bertz CT molecular complexity index is 796. The van der Waals surface area contributed by atoms with Gasteiger partial charge in [-0.15, -0.1) is 0 Å². The lowest BCUT2D eigenvalue weighted by molar-refractivity contribution is -0.142.